The van der Waals surface area contributed by atoms with Gasteiger partial charge < -0.3 is 0 Å². The number of diazo groups is 1. The van der Waals surface area contributed by atoms with Crippen LogP contribution in [0.3, 0.4) is 0 Å². The van der Waals surface area contributed by atoms with Gasteiger partial charge >= 0.3 is 5.08 Å². The van der Waals surface area contributed by atoms with Crippen molar-refractivity contribution in [1.29, 1.82) is 5.39 Å². The van der Waals surface area contributed by atoms with E-state index in [1.807, 2.05) is 60.7 Å². The van der Waals surface area contributed by atoms with Crippen molar-refractivity contribution in [3.8, 4) is 0 Å². The van der Waals surface area contributed by atoms with Gasteiger partial charge in [-0.2, -0.15) is 0 Å². The number of nitrogens with zero attached hydrogens (tertiary/aromatic N) is 3. The van der Waals surface area contributed by atoms with Gasteiger partial charge in [-0.05, 0) is 24.3 Å². The molecule has 2 aromatic carbocycles. The molecule has 2 rings (SSSR count). The number of benzene rings is 2. The molecule has 0 aliphatic carbocycles. The minimum atomic E-state index is 0.825. The van der Waals surface area contributed by atoms with Gasteiger partial charge in [0.2, 0.25) is 0 Å². The van der Waals surface area contributed by atoms with Gasteiger partial charge in [0, 0.05) is 5.01 Å². The number of rotatable bonds is 2. The molecule has 0 N–H and O–H groups in total. The summed E-state index contributed by atoms with van der Waals surface area (Å²) in [4.78, 5) is 0. The van der Waals surface area contributed by atoms with E-state index in [0.29, 0.717) is 0 Å². The zero-order chi connectivity index (χ0) is 10.5. The second-order valence-electron chi connectivity index (χ2n) is 3.07. The van der Waals surface area contributed by atoms with Crippen LogP contribution in [0.5, 0.6) is 0 Å². The Hall–Kier alpha value is -2.34. The Bertz CT molecular complexity index is 420. The summed E-state index contributed by atoms with van der Waals surface area (Å²) < 4.78 is 0. The molecule has 2 aromatic rings. The van der Waals surface area contributed by atoms with Gasteiger partial charge in [-0.25, -0.2) is 0 Å². The second-order valence-corrected chi connectivity index (χ2v) is 3.07. The third kappa shape index (κ3) is 1.94. The van der Waals surface area contributed by atoms with E-state index in [1.165, 1.54) is 5.01 Å². The standard InChI is InChI=1S/C12H10N3/c13-14-15(11-7-3-1-4-8-11)12-9-5-2-6-10-12/h1-10H/q+1. The molecule has 3 nitrogen and oxygen atoms in total. The maximum atomic E-state index is 8.98. The van der Waals surface area contributed by atoms with Crippen LogP contribution in [0.2, 0.25) is 0 Å². The first kappa shape index (κ1) is 9.22. The molecule has 0 radical (unpaired) electrons. The fraction of sp³-hybridized carbons (Fsp3) is 0. The van der Waals surface area contributed by atoms with Gasteiger partial charge in [0.05, 0.1) is 0 Å². The quantitative estimate of drug-likeness (QED) is 0.543. The SMILES string of the molecule is N#[N+]N(c1ccccc1)c1ccccc1. The van der Waals surface area contributed by atoms with Crippen molar-refractivity contribution in [3.63, 3.8) is 0 Å². The van der Waals surface area contributed by atoms with Gasteiger partial charge in [-0.1, -0.05) is 36.4 Å². The Labute approximate surface area is 88.2 Å². The smallest absolute Gasteiger partial charge is 0.0621 e. The van der Waals surface area contributed by atoms with Crippen LogP contribution in [-0.2, 0) is 0 Å². The summed E-state index contributed by atoms with van der Waals surface area (Å²) in [6.07, 6.45) is 0. The predicted molar refractivity (Wildman–Crippen MR) is 60.1 cm³/mol. The van der Waals surface area contributed by atoms with Crippen molar-refractivity contribution in [2.45, 2.75) is 0 Å². The minimum absolute atomic E-state index is 0.825. The third-order valence-corrected chi connectivity index (χ3v) is 2.09. The molecule has 0 unspecified atom stereocenters. The highest BCUT2D eigenvalue weighted by Crippen LogP contribution is 2.24. The van der Waals surface area contributed by atoms with Crippen molar-refractivity contribution in [1.82, 2.24) is 0 Å². The molecule has 0 saturated carbocycles. The van der Waals surface area contributed by atoms with Gasteiger partial charge in [0.25, 0.3) is 5.39 Å². The Balaban J connectivity index is 2.39. The Kier molecular flexibility index (Phi) is 2.61. The van der Waals surface area contributed by atoms with E-state index in [-0.39, 0.29) is 0 Å². The monoisotopic (exact) mass is 196 g/mol. The highest BCUT2D eigenvalue weighted by molar-refractivity contribution is 5.63. The van der Waals surface area contributed by atoms with Crippen LogP contribution in [0.1, 0.15) is 0 Å². The molecule has 0 fully saturated rings. The number of hydrogen-bond acceptors (Lipinski definition) is 2. The summed E-state index contributed by atoms with van der Waals surface area (Å²) in [6.45, 7) is 0. The number of hydrogen-bond donors (Lipinski definition) is 0. The van der Waals surface area contributed by atoms with E-state index in [0.717, 1.165) is 11.4 Å². The summed E-state index contributed by atoms with van der Waals surface area (Å²) in [5.74, 6) is 0. The van der Waals surface area contributed by atoms with Crippen LogP contribution in [0.15, 0.2) is 60.7 Å². The molecule has 0 amide bonds. The molecular formula is C12H10N3+. The van der Waals surface area contributed by atoms with Gasteiger partial charge in [-0.3, -0.25) is 0 Å². The van der Waals surface area contributed by atoms with Crippen LogP contribution >= 0.6 is 0 Å². The summed E-state index contributed by atoms with van der Waals surface area (Å²) >= 11 is 0. The molecule has 0 bridgehead atoms. The lowest BCUT2D eigenvalue weighted by Gasteiger charge is -2.02. The van der Waals surface area contributed by atoms with Crippen molar-refractivity contribution in [3.05, 3.63) is 65.7 Å². The highest BCUT2D eigenvalue weighted by atomic mass is 15.5. The average molecular weight is 196 g/mol. The topological polar surface area (TPSA) is 31.4 Å². The Morgan fingerprint density at radius 2 is 1.13 bits per heavy atom. The first-order valence-electron chi connectivity index (χ1n) is 4.67. The van der Waals surface area contributed by atoms with E-state index in [1.54, 1.807) is 0 Å². The average Bonchev–Trinajstić information content (AvgIpc) is 2.33. The molecule has 0 aromatic heterocycles. The number of anilines is 2. The van der Waals surface area contributed by atoms with Crippen LogP contribution < -0.4 is 5.01 Å². The first-order valence-corrected chi connectivity index (χ1v) is 4.67. The summed E-state index contributed by atoms with van der Waals surface area (Å²) in [5.41, 5.74) is 1.65. The summed E-state index contributed by atoms with van der Waals surface area (Å²) in [5, 5.41) is 13.7. The maximum absolute atomic E-state index is 8.98. The lowest BCUT2D eigenvalue weighted by atomic mass is 10.2. The van der Waals surface area contributed by atoms with E-state index in [2.05, 4.69) is 5.08 Å². The molecule has 72 valence electrons. The zero-order valence-corrected chi connectivity index (χ0v) is 8.12. The normalized spacial score (nSPS) is 9.27. The fourth-order valence-electron chi connectivity index (χ4n) is 1.39. The lowest BCUT2D eigenvalue weighted by Crippen LogP contribution is -2.04. The summed E-state index contributed by atoms with van der Waals surface area (Å²) in [6, 6.07) is 19.0. The Morgan fingerprint density at radius 1 is 0.733 bits per heavy atom. The van der Waals surface area contributed by atoms with Crippen LogP contribution in [0.4, 0.5) is 11.4 Å². The van der Waals surface area contributed by atoms with E-state index in [4.69, 9.17) is 5.39 Å². The van der Waals surface area contributed by atoms with Gasteiger partial charge in [0.1, 0.15) is 11.4 Å². The fourth-order valence-corrected chi connectivity index (χ4v) is 1.39. The zero-order valence-electron chi connectivity index (χ0n) is 8.12. The van der Waals surface area contributed by atoms with E-state index in [9.17, 15) is 0 Å². The lowest BCUT2D eigenvalue weighted by molar-refractivity contribution is 1.20. The molecular weight excluding hydrogens is 186 g/mol. The van der Waals surface area contributed by atoms with Crippen LogP contribution in [0, 0.1) is 5.39 Å². The molecule has 0 atom stereocenters. The molecule has 0 saturated heterocycles. The molecule has 0 spiro atoms. The third-order valence-electron chi connectivity index (χ3n) is 2.09. The highest BCUT2D eigenvalue weighted by Gasteiger charge is 2.18. The predicted octanol–water partition coefficient (Wildman–Crippen LogP) is 3.59. The van der Waals surface area contributed by atoms with Gasteiger partial charge in [-0.15, -0.1) is 0 Å². The van der Waals surface area contributed by atoms with Crippen LogP contribution in [-0.4, -0.2) is 0 Å². The van der Waals surface area contributed by atoms with Crippen molar-refractivity contribution in [2.24, 2.45) is 0 Å². The van der Waals surface area contributed by atoms with Crippen molar-refractivity contribution in [2.75, 3.05) is 5.01 Å². The molecule has 0 aliphatic rings. The molecule has 0 heterocycles. The van der Waals surface area contributed by atoms with Crippen molar-refractivity contribution < 1.29 is 0 Å². The van der Waals surface area contributed by atoms with E-state index < -0.39 is 0 Å². The van der Waals surface area contributed by atoms with Crippen molar-refractivity contribution >= 4 is 11.4 Å². The minimum Gasteiger partial charge on any atom is -0.0621 e. The van der Waals surface area contributed by atoms with Gasteiger partial charge in [0.15, 0.2) is 0 Å². The molecule has 0 aliphatic heterocycles. The van der Waals surface area contributed by atoms with E-state index >= 15 is 0 Å². The first-order chi connectivity index (χ1) is 7.42. The molecule has 15 heavy (non-hydrogen) atoms. The molecule has 3 heteroatoms. The second kappa shape index (κ2) is 4.25. The van der Waals surface area contributed by atoms with Crippen LogP contribution in [0.25, 0.3) is 5.08 Å². The summed E-state index contributed by atoms with van der Waals surface area (Å²) in [7, 11) is 0. The largest absolute Gasteiger partial charge is 0.316 e. The maximum Gasteiger partial charge on any atom is 0.316 e. The number of para-hydroxylation sites is 2. The Morgan fingerprint density at radius 3 is 1.47 bits per heavy atom.